The molecule has 1 aliphatic heterocycles. The highest BCUT2D eigenvalue weighted by Gasteiger charge is 2.34. The number of benzene rings is 2. The van der Waals surface area contributed by atoms with E-state index < -0.39 is 11.8 Å². The molecule has 2 aromatic carbocycles. The van der Waals surface area contributed by atoms with E-state index in [4.69, 9.17) is 17.0 Å². The zero-order valence-electron chi connectivity index (χ0n) is 13.9. The predicted octanol–water partition coefficient (Wildman–Crippen LogP) is 3.68. The Morgan fingerprint density at radius 3 is 2.62 bits per heavy atom. The van der Waals surface area contributed by atoms with Crippen LogP contribution in [0.1, 0.15) is 12.5 Å². The molecule has 3 rings (SSSR count). The van der Waals surface area contributed by atoms with Gasteiger partial charge in [0.15, 0.2) is 5.11 Å². The van der Waals surface area contributed by atoms with E-state index >= 15 is 0 Å². The normalized spacial score (nSPS) is 16.0. The lowest BCUT2D eigenvalue weighted by molar-refractivity contribution is -0.122. The second-order valence-corrected chi connectivity index (χ2v) is 6.74. The van der Waals surface area contributed by atoms with Crippen LogP contribution < -0.4 is 15.0 Å². The third-order valence-corrected chi connectivity index (χ3v) is 4.48. The minimum atomic E-state index is -0.514. The highest BCUT2D eigenvalue weighted by Crippen LogP contribution is 2.26. The molecule has 0 atom stereocenters. The first kappa shape index (κ1) is 18.3. The molecule has 0 aromatic heterocycles. The van der Waals surface area contributed by atoms with E-state index in [-0.39, 0.29) is 10.7 Å². The van der Waals surface area contributed by atoms with Gasteiger partial charge >= 0.3 is 0 Å². The molecule has 26 heavy (non-hydrogen) atoms. The number of rotatable bonds is 4. The van der Waals surface area contributed by atoms with E-state index in [1.54, 1.807) is 30.3 Å². The molecule has 0 unspecified atom stereocenters. The minimum absolute atomic E-state index is 0.0164. The van der Waals surface area contributed by atoms with E-state index in [1.807, 2.05) is 31.2 Å². The number of carbonyl (C=O) groups is 2. The molecule has 1 N–H and O–H groups in total. The third kappa shape index (κ3) is 3.84. The summed E-state index contributed by atoms with van der Waals surface area (Å²) in [7, 11) is 0. The predicted molar refractivity (Wildman–Crippen MR) is 108 cm³/mol. The Bertz CT molecular complexity index is 909. The van der Waals surface area contributed by atoms with E-state index in [0.29, 0.717) is 18.0 Å². The van der Waals surface area contributed by atoms with Crippen molar-refractivity contribution < 1.29 is 14.3 Å². The molecule has 0 bridgehead atoms. The highest BCUT2D eigenvalue weighted by molar-refractivity contribution is 9.10. The molecule has 0 aliphatic carbocycles. The highest BCUT2D eigenvalue weighted by atomic mass is 79.9. The van der Waals surface area contributed by atoms with Crippen molar-refractivity contribution in [3.8, 4) is 5.75 Å². The summed E-state index contributed by atoms with van der Waals surface area (Å²) in [6, 6.07) is 14.3. The van der Waals surface area contributed by atoms with Gasteiger partial charge in [-0.25, -0.2) is 0 Å². The maximum absolute atomic E-state index is 12.9. The maximum atomic E-state index is 12.9. The monoisotopic (exact) mass is 430 g/mol. The fourth-order valence-electron chi connectivity index (χ4n) is 2.50. The van der Waals surface area contributed by atoms with Crippen molar-refractivity contribution in [2.24, 2.45) is 0 Å². The van der Waals surface area contributed by atoms with Crippen LogP contribution in [0.3, 0.4) is 0 Å². The molecule has 2 amide bonds. The van der Waals surface area contributed by atoms with Gasteiger partial charge in [-0.15, -0.1) is 0 Å². The summed E-state index contributed by atoms with van der Waals surface area (Å²) in [4.78, 5) is 26.5. The molecule has 7 heteroatoms. The maximum Gasteiger partial charge on any atom is 0.270 e. The first-order valence-corrected chi connectivity index (χ1v) is 9.09. The van der Waals surface area contributed by atoms with Gasteiger partial charge in [-0.2, -0.15) is 0 Å². The zero-order valence-corrected chi connectivity index (χ0v) is 16.3. The van der Waals surface area contributed by atoms with Crippen LogP contribution in [0.25, 0.3) is 6.08 Å². The summed E-state index contributed by atoms with van der Waals surface area (Å²) in [5.41, 5.74) is 1.29. The van der Waals surface area contributed by atoms with E-state index in [9.17, 15) is 9.59 Å². The van der Waals surface area contributed by atoms with Crippen LogP contribution in [0.15, 0.2) is 58.6 Å². The van der Waals surface area contributed by atoms with Crippen LogP contribution in [0.2, 0.25) is 0 Å². The van der Waals surface area contributed by atoms with Crippen molar-refractivity contribution in [3.63, 3.8) is 0 Å². The summed E-state index contributed by atoms with van der Waals surface area (Å²) in [6.45, 7) is 2.38. The fraction of sp³-hybridized carbons (Fsp3) is 0.105. The van der Waals surface area contributed by atoms with Crippen LogP contribution in [0.5, 0.6) is 5.75 Å². The molecule has 1 saturated heterocycles. The number of anilines is 1. The van der Waals surface area contributed by atoms with Crippen LogP contribution in [0, 0.1) is 0 Å². The van der Waals surface area contributed by atoms with Gasteiger partial charge < -0.3 is 4.74 Å². The van der Waals surface area contributed by atoms with Gasteiger partial charge in [0.2, 0.25) is 0 Å². The van der Waals surface area contributed by atoms with Crippen molar-refractivity contribution in [1.29, 1.82) is 0 Å². The summed E-state index contributed by atoms with van der Waals surface area (Å²) in [5, 5.41) is 2.61. The number of halogens is 1. The lowest BCUT2D eigenvalue weighted by Gasteiger charge is -2.29. The Morgan fingerprint density at radius 2 is 1.92 bits per heavy atom. The number of nitrogens with zero attached hydrogens (tertiary/aromatic N) is 1. The Labute approximate surface area is 164 Å². The molecule has 0 saturated carbocycles. The number of amides is 2. The quantitative estimate of drug-likeness (QED) is 0.456. The summed E-state index contributed by atoms with van der Waals surface area (Å²) >= 11 is 8.56. The Balaban J connectivity index is 1.98. The number of ether oxygens (including phenoxy) is 1. The number of hydrogen-bond donors (Lipinski definition) is 1. The van der Waals surface area contributed by atoms with Gasteiger partial charge in [-0.05, 0) is 55.0 Å². The lowest BCUT2D eigenvalue weighted by Crippen LogP contribution is -2.54. The third-order valence-electron chi connectivity index (χ3n) is 3.67. The van der Waals surface area contributed by atoms with Gasteiger partial charge in [-0.1, -0.05) is 34.1 Å². The molecule has 1 heterocycles. The zero-order chi connectivity index (χ0) is 18.7. The average molecular weight is 431 g/mol. The Hall–Kier alpha value is -2.51. The lowest BCUT2D eigenvalue weighted by atomic mass is 10.1. The van der Waals surface area contributed by atoms with Crippen molar-refractivity contribution in [3.05, 3.63) is 64.1 Å². The van der Waals surface area contributed by atoms with Crippen LogP contribution >= 0.6 is 28.1 Å². The number of carbonyl (C=O) groups excluding carboxylic acids is 2. The van der Waals surface area contributed by atoms with E-state index in [1.165, 1.54) is 4.90 Å². The second-order valence-electron chi connectivity index (χ2n) is 5.44. The van der Waals surface area contributed by atoms with Gasteiger partial charge in [0.25, 0.3) is 11.8 Å². The van der Waals surface area contributed by atoms with Crippen LogP contribution in [-0.4, -0.2) is 23.5 Å². The van der Waals surface area contributed by atoms with E-state index in [0.717, 1.165) is 10.0 Å². The smallest absolute Gasteiger partial charge is 0.270 e. The van der Waals surface area contributed by atoms with Crippen molar-refractivity contribution in [2.75, 3.05) is 11.5 Å². The van der Waals surface area contributed by atoms with Crippen LogP contribution in [-0.2, 0) is 9.59 Å². The molecule has 1 fully saturated rings. The van der Waals surface area contributed by atoms with Crippen molar-refractivity contribution in [2.45, 2.75) is 6.92 Å². The van der Waals surface area contributed by atoms with Gasteiger partial charge in [-0.3, -0.25) is 19.8 Å². The number of hydrogen-bond acceptors (Lipinski definition) is 4. The summed E-state index contributed by atoms with van der Waals surface area (Å²) < 4.78 is 6.39. The number of thiocarbonyl (C=S) groups is 1. The molecule has 5 nitrogen and oxygen atoms in total. The standard InChI is InChI=1S/C19H15BrN2O3S/c1-2-25-15-5-3-4-14(11-15)22-18(24)16(17(23)21-19(22)26)10-12-6-8-13(20)9-7-12/h3-11H,2H2,1H3,(H,21,23,26). The molecular formula is C19H15BrN2O3S. The van der Waals surface area contributed by atoms with Gasteiger partial charge in [0, 0.05) is 10.5 Å². The van der Waals surface area contributed by atoms with Gasteiger partial charge in [0.05, 0.1) is 12.3 Å². The van der Waals surface area contributed by atoms with Crippen LogP contribution in [0.4, 0.5) is 5.69 Å². The molecule has 2 aromatic rings. The first-order chi connectivity index (χ1) is 12.5. The Morgan fingerprint density at radius 1 is 1.19 bits per heavy atom. The molecule has 0 radical (unpaired) electrons. The first-order valence-electron chi connectivity index (χ1n) is 7.89. The fourth-order valence-corrected chi connectivity index (χ4v) is 3.04. The molecular weight excluding hydrogens is 416 g/mol. The van der Waals surface area contributed by atoms with Crippen molar-refractivity contribution >= 4 is 56.8 Å². The van der Waals surface area contributed by atoms with E-state index in [2.05, 4.69) is 21.2 Å². The summed E-state index contributed by atoms with van der Waals surface area (Å²) in [6.07, 6.45) is 1.55. The molecule has 1 aliphatic rings. The van der Waals surface area contributed by atoms with Crippen molar-refractivity contribution in [1.82, 2.24) is 5.32 Å². The SMILES string of the molecule is CCOc1cccc(N2C(=O)C(=Cc3ccc(Br)cc3)C(=O)NC2=S)c1. The molecule has 0 spiro atoms. The summed E-state index contributed by atoms with van der Waals surface area (Å²) in [5.74, 6) is -0.369. The second kappa shape index (κ2) is 7.80. The average Bonchev–Trinajstić information content (AvgIpc) is 2.61. The Kier molecular flexibility index (Phi) is 5.49. The minimum Gasteiger partial charge on any atom is -0.494 e. The largest absolute Gasteiger partial charge is 0.494 e. The number of nitrogens with one attached hydrogen (secondary N) is 1. The van der Waals surface area contributed by atoms with Gasteiger partial charge in [0.1, 0.15) is 11.3 Å². The topological polar surface area (TPSA) is 58.6 Å². The molecule has 132 valence electrons.